The number of nitrogens with zero attached hydrogens (tertiary/aromatic N) is 3. The molecule has 0 saturated carbocycles. The summed E-state index contributed by atoms with van der Waals surface area (Å²) in [6.45, 7) is 0. The van der Waals surface area contributed by atoms with Crippen molar-refractivity contribution in [2.24, 2.45) is 0 Å². The molecule has 0 fully saturated rings. The SMILES string of the molecule is O=[N+]([O-])c1ccc(-n2cnc3ccccc32)c(Br)c1. The molecular weight excluding hydrogens is 310 g/mol. The molecule has 19 heavy (non-hydrogen) atoms. The lowest BCUT2D eigenvalue weighted by Gasteiger charge is -2.06. The first-order valence-electron chi connectivity index (χ1n) is 5.53. The molecule has 3 rings (SSSR count). The minimum Gasteiger partial charge on any atom is -0.298 e. The van der Waals surface area contributed by atoms with E-state index >= 15 is 0 Å². The summed E-state index contributed by atoms with van der Waals surface area (Å²) in [4.78, 5) is 14.6. The van der Waals surface area contributed by atoms with Gasteiger partial charge in [0.2, 0.25) is 0 Å². The van der Waals surface area contributed by atoms with Crippen molar-refractivity contribution in [1.82, 2.24) is 9.55 Å². The summed E-state index contributed by atoms with van der Waals surface area (Å²) < 4.78 is 2.55. The second-order valence-electron chi connectivity index (χ2n) is 4.00. The number of halogens is 1. The molecule has 0 amide bonds. The van der Waals surface area contributed by atoms with E-state index in [1.165, 1.54) is 12.1 Å². The number of imidazole rings is 1. The molecule has 0 saturated heterocycles. The molecule has 0 aliphatic rings. The van der Waals surface area contributed by atoms with Crippen molar-refractivity contribution in [2.45, 2.75) is 0 Å². The van der Waals surface area contributed by atoms with Gasteiger partial charge in [-0.25, -0.2) is 4.98 Å². The van der Waals surface area contributed by atoms with Crippen molar-refractivity contribution in [1.29, 1.82) is 0 Å². The van der Waals surface area contributed by atoms with Crippen LogP contribution < -0.4 is 0 Å². The van der Waals surface area contributed by atoms with Crippen molar-refractivity contribution in [3.05, 3.63) is 63.4 Å². The van der Waals surface area contributed by atoms with Crippen LogP contribution in [-0.2, 0) is 0 Å². The van der Waals surface area contributed by atoms with E-state index < -0.39 is 4.92 Å². The van der Waals surface area contributed by atoms with Crippen LogP contribution in [0.4, 0.5) is 5.69 Å². The van der Waals surface area contributed by atoms with Gasteiger partial charge in [-0.1, -0.05) is 12.1 Å². The number of fused-ring (bicyclic) bond motifs is 1. The molecule has 6 heteroatoms. The van der Waals surface area contributed by atoms with Crippen LogP contribution in [0.3, 0.4) is 0 Å². The van der Waals surface area contributed by atoms with E-state index in [2.05, 4.69) is 20.9 Å². The Hall–Kier alpha value is -2.21. The maximum atomic E-state index is 10.7. The fraction of sp³-hybridized carbons (Fsp3) is 0. The Morgan fingerprint density at radius 2 is 2.00 bits per heavy atom. The third kappa shape index (κ3) is 2.00. The summed E-state index contributed by atoms with van der Waals surface area (Å²) in [6, 6.07) is 12.4. The summed E-state index contributed by atoms with van der Waals surface area (Å²) in [5, 5.41) is 10.7. The Labute approximate surface area is 116 Å². The average molecular weight is 318 g/mol. The average Bonchev–Trinajstić information content (AvgIpc) is 2.82. The Morgan fingerprint density at radius 3 is 2.74 bits per heavy atom. The lowest BCUT2D eigenvalue weighted by molar-refractivity contribution is -0.384. The second kappa shape index (κ2) is 4.47. The van der Waals surface area contributed by atoms with Crippen molar-refractivity contribution in [2.75, 3.05) is 0 Å². The van der Waals surface area contributed by atoms with Gasteiger partial charge < -0.3 is 0 Å². The largest absolute Gasteiger partial charge is 0.298 e. The van der Waals surface area contributed by atoms with E-state index in [1.807, 2.05) is 28.8 Å². The summed E-state index contributed by atoms with van der Waals surface area (Å²) in [5.74, 6) is 0. The molecule has 0 spiro atoms. The van der Waals surface area contributed by atoms with Crippen molar-refractivity contribution in [3.8, 4) is 5.69 Å². The quantitative estimate of drug-likeness (QED) is 0.535. The monoisotopic (exact) mass is 317 g/mol. The fourth-order valence-corrected chi connectivity index (χ4v) is 2.51. The van der Waals surface area contributed by atoms with Crippen molar-refractivity contribution < 1.29 is 4.92 Å². The molecule has 0 radical (unpaired) electrons. The van der Waals surface area contributed by atoms with Gasteiger partial charge in [0.05, 0.1) is 21.6 Å². The van der Waals surface area contributed by atoms with Crippen molar-refractivity contribution >= 4 is 32.7 Å². The van der Waals surface area contributed by atoms with E-state index in [4.69, 9.17) is 0 Å². The number of nitro benzene ring substituents is 1. The highest BCUT2D eigenvalue weighted by atomic mass is 79.9. The minimum absolute atomic E-state index is 0.0556. The molecule has 0 aliphatic heterocycles. The predicted octanol–water partition coefficient (Wildman–Crippen LogP) is 3.70. The summed E-state index contributed by atoms with van der Waals surface area (Å²) in [5.41, 5.74) is 2.71. The number of aromatic nitrogens is 2. The number of nitro groups is 1. The first kappa shape index (κ1) is 11.9. The zero-order valence-electron chi connectivity index (χ0n) is 9.65. The van der Waals surface area contributed by atoms with Crippen LogP contribution in [0.15, 0.2) is 53.3 Å². The highest BCUT2D eigenvalue weighted by molar-refractivity contribution is 9.10. The van der Waals surface area contributed by atoms with E-state index in [-0.39, 0.29) is 5.69 Å². The molecule has 0 bridgehead atoms. The van der Waals surface area contributed by atoms with E-state index in [0.717, 1.165) is 16.7 Å². The second-order valence-corrected chi connectivity index (χ2v) is 4.85. The predicted molar refractivity (Wildman–Crippen MR) is 75.4 cm³/mol. The third-order valence-electron chi connectivity index (χ3n) is 2.86. The van der Waals surface area contributed by atoms with Crippen LogP contribution in [0.5, 0.6) is 0 Å². The van der Waals surface area contributed by atoms with Gasteiger partial charge in [0.15, 0.2) is 0 Å². The summed E-state index contributed by atoms with van der Waals surface area (Å²) >= 11 is 3.37. The lowest BCUT2D eigenvalue weighted by atomic mass is 10.2. The Morgan fingerprint density at radius 1 is 1.21 bits per heavy atom. The maximum Gasteiger partial charge on any atom is 0.270 e. The van der Waals surface area contributed by atoms with E-state index in [0.29, 0.717) is 4.47 Å². The van der Waals surface area contributed by atoms with Crippen LogP contribution >= 0.6 is 15.9 Å². The minimum atomic E-state index is -0.416. The van der Waals surface area contributed by atoms with E-state index in [1.54, 1.807) is 12.4 Å². The number of rotatable bonds is 2. The molecule has 1 heterocycles. The number of hydrogen-bond donors (Lipinski definition) is 0. The van der Waals surface area contributed by atoms with Crippen LogP contribution in [0.25, 0.3) is 16.7 Å². The normalized spacial score (nSPS) is 10.8. The molecule has 94 valence electrons. The molecule has 3 aromatic rings. The summed E-state index contributed by atoms with van der Waals surface area (Å²) in [7, 11) is 0. The standard InChI is InChI=1S/C13H8BrN3O2/c14-10-7-9(17(18)19)5-6-12(10)16-8-15-11-3-1-2-4-13(11)16/h1-8H. The zero-order chi connectivity index (χ0) is 13.4. The lowest BCUT2D eigenvalue weighted by Crippen LogP contribution is -1.95. The zero-order valence-corrected chi connectivity index (χ0v) is 11.2. The van der Waals surface area contributed by atoms with Gasteiger partial charge in [-0.15, -0.1) is 0 Å². The smallest absolute Gasteiger partial charge is 0.270 e. The van der Waals surface area contributed by atoms with Gasteiger partial charge in [0.1, 0.15) is 6.33 Å². The number of hydrogen-bond acceptors (Lipinski definition) is 3. The molecule has 5 nitrogen and oxygen atoms in total. The fourth-order valence-electron chi connectivity index (χ4n) is 1.96. The van der Waals surface area contributed by atoms with Crippen LogP contribution in [0.2, 0.25) is 0 Å². The van der Waals surface area contributed by atoms with Gasteiger partial charge in [-0.2, -0.15) is 0 Å². The first-order valence-corrected chi connectivity index (χ1v) is 6.32. The molecule has 0 N–H and O–H groups in total. The number of para-hydroxylation sites is 2. The highest BCUT2D eigenvalue weighted by Gasteiger charge is 2.12. The van der Waals surface area contributed by atoms with Gasteiger partial charge in [-0.05, 0) is 34.1 Å². The summed E-state index contributed by atoms with van der Waals surface area (Å²) in [6.07, 6.45) is 1.70. The first-order chi connectivity index (χ1) is 9.16. The highest BCUT2D eigenvalue weighted by Crippen LogP contribution is 2.28. The number of non-ortho nitro benzene ring substituents is 1. The Bertz CT molecular complexity index is 782. The topological polar surface area (TPSA) is 61.0 Å². The van der Waals surface area contributed by atoms with Gasteiger partial charge in [0, 0.05) is 16.6 Å². The molecule has 0 unspecified atom stereocenters. The Kier molecular flexibility index (Phi) is 2.79. The van der Waals surface area contributed by atoms with Crippen LogP contribution in [0.1, 0.15) is 0 Å². The molecule has 2 aromatic carbocycles. The van der Waals surface area contributed by atoms with Crippen LogP contribution in [-0.4, -0.2) is 14.5 Å². The molecular formula is C13H8BrN3O2. The molecule has 0 aliphatic carbocycles. The molecule has 1 aromatic heterocycles. The van der Waals surface area contributed by atoms with Gasteiger partial charge in [0.25, 0.3) is 5.69 Å². The Balaban J connectivity index is 2.19. The van der Waals surface area contributed by atoms with Crippen molar-refractivity contribution in [3.63, 3.8) is 0 Å². The molecule has 0 atom stereocenters. The van der Waals surface area contributed by atoms with Gasteiger partial charge >= 0.3 is 0 Å². The van der Waals surface area contributed by atoms with Gasteiger partial charge in [-0.3, -0.25) is 14.7 Å². The van der Waals surface area contributed by atoms with E-state index in [9.17, 15) is 10.1 Å². The van der Waals surface area contributed by atoms with Crippen LogP contribution in [0, 0.1) is 10.1 Å². The maximum absolute atomic E-state index is 10.7. The third-order valence-corrected chi connectivity index (χ3v) is 3.49. The number of benzene rings is 2.